The second-order valence-electron chi connectivity index (χ2n) is 4.62. The molecule has 0 saturated heterocycles. The van der Waals surface area contributed by atoms with Crippen molar-refractivity contribution in [2.45, 2.75) is 13.0 Å². The normalized spacial score (nSPS) is 12.0. The summed E-state index contributed by atoms with van der Waals surface area (Å²) in [6.45, 7) is 3.60. The molecule has 5 heteroatoms. The van der Waals surface area contributed by atoms with E-state index >= 15 is 0 Å². The maximum atomic E-state index is 12.0. The minimum atomic E-state index is 0.0256. The number of benzene rings is 1. The molecule has 112 valence electrons. The van der Waals surface area contributed by atoms with Crippen LogP contribution in [0.5, 0.6) is 5.75 Å². The number of hydrogen-bond donors (Lipinski definition) is 1. The first-order valence-electron chi connectivity index (χ1n) is 6.69. The number of rotatable bonds is 8. The van der Waals surface area contributed by atoms with Crippen molar-refractivity contribution < 1.29 is 14.3 Å². The number of ether oxygens (including phenoxy) is 2. The topological polar surface area (TPSA) is 50.8 Å². The van der Waals surface area contributed by atoms with Crippen LogP contribution in [-0.2, 0) is 9.53 Å². The van der Waals surface area contributed by atoms with Crippen LogP contribution in [0.4, 0.5) is 0 Å². The molecule has 1 amide bonds. The summed E-state index contributed by atoms with van der Waals surface area (Å²) in [4.78, 5) is 13.8. The summed E-state index contributed by atoms with van der Waals surface area (Å²) in [5, 5.41) is 3.06. The Bertz CT molecular complexity index is 406. The van der Waals surface area contributed by atoms with Gasteiger partial charge in [-0.2, -0.15) is 0 Å². The molecule has 1 rings (SSSR count). The van der Waals surface area contributed by atoms with Gasteiger partial charge in [0.05, 0.1) is 26.3 Å². The highest BCUT2D eigenvalue weighted by molar-refractivity contribution is 5.78. The lowest BCUT2D eigenvalue weighted by molar-refractivity contribution is -0.130. The molecule has 0 aliphatic carbocycles. The van der Waals surface area contributed by atoms with Crippen molar-refractivity contribution in [1.82, 2.24) is 10.2 Å². The first-order valence-corrected chi connectivity index (χ1v) is 6.69. The fraction of sp³-hybridized carbons (Fsp3) is 0.533. The molecule has 0 aliphatic heterocycles. The summed E-state index contributed by atoms with van der Waals surface area (Å²) in [7, 11) is 5.09. The van der Waals surface area contributed by atoms with E-state index in [1.165, 1.54) is 0 Å². The molecule has 20 heavy (non-hydrogen) atoms. The van der Waals surface area contributed by atoms with Gasteiger partial charge >= 0.3 is 0 Å². The van der Waals surface area contributed by atoms with E-state index in [-0.39, 0.29) is 11.9 Å². The van der Waals surface area contributed by atoms with Gasteiger partial charge in [0.2, 0.25) is 5.91 Å². The van der Waals surface area contributed by atoms with Crippen LogP contribution >= 0.6 is 0 Å². The number of likely N-dealkylation sites (N-methyl/N-ethyl adjacent to an activating group) is 1. The van der Waals surface area contributed by atoms with Crippen molar-refractivity contribution >= 4 is 5.91 Å². The molecule has 0 spiro atoms. The van der Waals surface area contributed by atoms with Crippen LogP contribution in [0.2, 0.25) is 0 Å². The average Bonchev–Trinajstić information content (AvgIpc) is 2.50. The third-order valence-corrected chi connectivity index (χ3v) is 3.33. The lowest BCUT2D eigenvalue weighted by atomic mass is 10.1. The molecular weight excluding hydrogens is 256 g/mol. The van der Waals surface area contributed by atoms with E-state index in [9.17, 15) is 4.79 Å². The Morgan fingerprint density at radius 3 is 2.50 bits per heavy atom. The Kier molecular flexibility index (Phi) is 7.04. The zero-order valence-corrected chi connectivity index (χ0v) is 12.7. The van der Waals surface area contributed by atoms with Crippen LogP contribution in [0.3, 0.4) is 0 Å². The predicted octanol–water partition coefficient (Wildman–Crippen LogP) is 1.45. The van der Waals surface area contributed by atoms with Crippen molar-refractivity contribution in [2.24, 2.45) is 0 Å². The molecule has 0 radical (unpaired) electrons. The van der Waals surface area contributed by atoms with Crippen molar-refractivity contribution in [2.75, 3.05) is 41.0 Å². The summed E-state index contributed by atoms with van der Waals surface area (Å²) >= 11 is 0. The monoisotopic (exact) mass is 280 g/mol. The molecule has 0 aliphatic rings. The van der Waals surface area contributed by atoms with Gasteiger partial charge in [0, 0.05) is 20.7 Å². The first kappa shape index (κ1) is 16.5. The third kappa shape index (κ3) is 4.83. The van der Waals surface area contributed by atoms with E-state index in [2.05, 4.69) is 5.32 Å². The van der Waals surface area contributed by atoms with E-state index in [4.69, 9.17) is 9.47 Å². The van der Waals surface area contributed by atoms with Crippen LogP contribution in [0.1, 0.15) is 18.5 Å². The van der Waals surface area contributed by atoms with Crippen LogP contribution in [0.15, 0.2) is 24.3 Å². The smallest absolute Gasteiger partial charge is 0.236 e. The average molecular weight is 280 g/mol. The second kappa shape index (κ2) is 8.55. The number of carbonyl (C=O) groups excluding carboxylic acids is 1. The molecule has 1 aromatic carbocycles. The summed E-state index contributed by atoms with van der Waals surface area (Å²) in [6, 6.07) is 7.79. The second-order valence-corrected chi connectivity index (χ2v) is 4.62. The molecule has 1 aromatic rings. The Morgan fingerprint density at radius 2 is 1.95 bits per heavy atom. The first-order chi connectivity index (χ1) is 9.60. The highest BCUT2D eigenvalue weighted by Gasteiger charge is 2.16. The Morgan fingerprint density at radius 1 is 1.30 bits per heavy atom. The lowest BCUT2D eigenvalue weighted by Crippen LogP contribution is -2.38. The van der Waals surface area contributed by atoms with E-state index in [0.717, 1.165) is 11.3 Å². The molecule has 1 N–H and O–H groups in total. The standard InChI is InChI=1S/C15H24N2O3/c1-12(13-5-7-14(20-4)8-6-13)17(2)15(18)11-16-9-10-19-3/h5-8,12,16H,9-11H2,1-4H3. The van der Waals surface area contributed by atoms with Crippen molar-refractivity contribution in [1.29, 1.82) is 0 Å². The minimum Gasteiger partial charge on any atom is -0.497 e. The van der Waals surface area contributed by atoms with E-state index in [1.807, 2.05) is 38.2 Å². The molecular formula is C15H24N2O3. The van der Waals surface area contributed by atoms with Crippen molar-refractivity contribution in [3.8, 4) is 5.75 Å². The number of carbonyl (C=O) groups is 1. The van der Waals surface area contributed by atoms with Gasteiger partial charge in [-0.1, -0.05) is 12.1 Å². The summed E-state index contributed by atoms with van der Waals surface area (Å²) < 4.78 is 10.1. The third-order valence-electron chi connectivity index (χ3n) is 3.33. The van der Waals surface area contributed by atoms with Crippen LogP contribution in [0.25, 0.3) is 0 Å². The van der Waals surface area contributed by atoms with Gasteiger partial charge in [-0.15, -0.1) is 0 Å². The van der Waals surface area contributed by atoms with Gasteiger partial charge in [0.1, 0.15) is 5.75 Å². The fourth-order valence-electron chi connectivity index (χ4n) is 1.82. The highest BCUT2D eigenvalue weighted by Crippen LogP contribution is 2.21. The SMILES string of the molecule is COCCNCC(=O)N(C)C(C)c1ccc(OC)cc1. The molecule has 5 nitrogen and oxygen atoms in total. The van der Waals surface area contributed by atoms with E-state index in [0.29, 0.717) is 19.7 Å². The van der Waals surface area contributed by atoms with Gasteiger partial charge in [-0.3, -0.25) is 4.79 Å². The number of methoxy groups -OCH3 is 2. The van der Waals surface area contributed by atoms with Crippen LogP contribution < -0.4 is 10.1 Å². The summed E-state index contributed by atoms with van der Waals surface area (Å²) in [6.07, 6.45) is 0. The maximum Gasteiger partial charge on any atom is 0.236 e. The van der Waals surface area contributed by atoms with Gasteiger partial charge < -0.3 is 19.7 Å². The van der Waals surface area contributed by atoms with Gasteiger partial charge in [0.25, 0.3) is 0 Å². The molecule has 0 saturated carbocycles. The van der Waals surface area contributed by atoms with Crippen molar-refractivity contribution in [3.05, 3.63) is 29.8 Å². The summed E-state index contributed by atoms with van der Waals surface area (Å²) in [5.41, 5.74) is 1.08. The Labute approximate surface area is 120 Å². The number of nitrogens with zero attached hydrogens (tertiary/aromatic N) is 1. The fourth-order valence-corrected chi connectivity index (χ4v) is 1.82. The maximum absolute atomic E-state index is 12.0. The zero-order valence-electron chi connectivity index (χ0n) is 12.7. The molecule has 1 atom stereocenters. The van der Waals surface area contributed by atoms with Crippen LogP contribution in [-0.4, -0.2) is 51.8 Å². The van der Waals surface area contributed by atoms with Crippen LogP contribution in [0, 0.1) is 0 Å². The zero-order chi connectivity index (χ0) is 15.0. The van der Waals surface area contributed by atoms with Gasteiger partial charge in [0.15, 0.2) is 0 Å². The molecule has 0 fully saturated rings. The molecule has 0 aromatic heterocycles. The molecule has 0 bridgehead atoms. The number of nitrogens with one attached hydrogen (secondary N) is 1. The van der Waals surface area contributed by atoms with Crippen molar-refractivity contribution in [3.63, 3.8) is 0 Å². The molecule has 0 heterocycles. The number of hydrogen-bond acceptors (Lipinski definition) is 4. The lowest BCUT2D eigenvalue weighted by Gasteiger charge is -2.25. The van der Waals surface area contributed by atoms with Gasteiger partial charge in [-0.25, -0.2) is 0 Å². The largest absolute Gasteiger partial charge is 0.497 e. The van der Waals surface area contributed by atoms with E-state index < -0.39 is 0 Å². The summed E-state index contributed by atoms with van der Waals surface area (Å²) in [5.74, 6) is 0.876. The molecule has 1 unspecified atom stereocenters. The minimum absolute atomic E-state index is 0.0256. The highest BCUT2D eigenvalue weighted by atomic mass is 16.5. The quantitative estimate of drug-likeness (QED) is 0.732. The van der Waals surface area contributed by atoms with Gasteiger partial charge in [-0.05, 0) is 24.6 Å². The number of amides is 1. The predicted molar refractivity (Wildman–Crippen MR) is 78.9 cm³/mol. The van der Waals surface area contributed by atoms with E-state index in [1.54, 1.807) is 19.1 Å². The Balaban J connectivity index is 2.51. The Hall–Kier alpha value is -1.59.